The maximum atomic E-state index is 14.0. The van der Waals surface area contributed by atoms with Gasteiger partial charge in [0.25, 0.3) is 6.43 Å². The highest BCUT2D eigenvalue weighted by atomic mass is 19.3. The van der Waals surface area contributed by atoms with E-state index >= 15 is 0 Å². The molecule has 2 rings (SSSR count). The molecule has 0 bridgehead atoms. The number of ether oxygens (including phenoxy) is 1. The number of alkyl halides is 2. The van der Waals surface area contributed by atoms with Crippen molar-refractivity contribution in [2.45, 2.75) is 26.2 Å². The van der Waals surface area contributed by atoms with Crippen LogP contribution in [0.2, 0.25) is 0 Å². The molecule has 0 saturated heterocycles. The minimum absolute atomic E-state index is 0.0396. The molecule has 0 unspecified atom stereocenters. The zero-order chi connectivity index (χ0) is 19.1. The topological polar surface area (TPSA) is 9.23 Å². The molecule has 0 aliphatic carbocycles. The van der Waals surface area contributed by atoms with Crippen molar-refractivity contribution in [1.29, 1.82) is 0 Å². The summed E-state index contributed by atoms with van der Waals surface area (Å²) in [6.45, 7) is 1.98. The van der Waals surface area contributed by atoms with Gasteiger partial charge in [0.15, 0.2) is 17.4 Å². The number of aryl methyl sites for hydroxylation is 1. The normalized spacial score (nSPS) is 10.9. The minimum atomic E-state index is -2.80. The number of benzene rings is 2. The largest absolute Gasteiger partial charge is 0.459 e. The number of rotatable bonds is 5. The van der Waals surface area contributed by atoms with Gasteiger partial charge in [-0.15, -0.1) is 0 Å². The molecule has 0 radical (unpaired) electrons. The van der Waals surface area contributed by atoms with Gasteiger partial charge in [-0.25, -0.2) is 22.0 Å². The van der Waals surface area contributed by atoms with Gasteiger partial charge in [0.1, 0.15) is 5.82 Å². The summed E-state index contributed by atoms with van der Waals surface area (Å²) in [6, 6.07) is 6.38. The SMILES string of the molecule is CCCc1ccc(C#Cc2cc(F)c(O/C=C/C(F)F)c(F)c2)c(F)c1. The van der Waals surface area contributed by atoms with Gasteiger partial charge in [0.2, 0.25) is 0 Å². The van der Waals surface area contributed by atoms with E-state index in [1.807, 2.05) is 6.92 Å². The van der Waals surface area contributed by atoms with E-state index < -0.39 is 29.6 Å². The predicted molar refractivity (Wildman–Crippen MR) is 88.5 cm³/mol. The third-order valence-corrected chi connectivity index (χ3v) is 3.32. The fraction of sp³-hybridized carbons (Fsp3) is 0.200. The number of halogens is 5. The number of allylic oxidation sites excluding steroid dienone is 1. The Morgan fingerprint density at radius 2 is 1.69 bits per heavy atom. The number of hydrogen-bond donors (Lipinski definition) is 0. The van der Waals surface area contributed by atoms with Crippen molar-refractivity contribution in [3.63, 3.8) is 0 Å². The van der Waals surface area contributed by atoms with Crippen molar-refractivity contribution < 1.29 is 26.7 Å². The van der Waals surface area contributed by atoms with Crippen LogP contribution in [0.25, 0.3) is 0 Å². The van der Waals surface area contributed by atoms with Gasteiger partial charge in [-0.1, -0.05) is 31.3 Å². The van der Waals surface area contributed by atoms with Crippen LogP contribution in [0, 0.1) is 29.3 Å². The van der Waals surface area contributed by atoms with Crippen LogP contribution in [0.1, 0.15) is 30.0 Å². The highest BCUT2D eigenvalue weighted by molar-refractivity contribution is 5.46. The van der Waals surface area contributed by atoms with E-state index in [9.17, 15) is 22.0 Å². The van der Waals surface area contributed by atoms with Gasteiger partial charge in [-0.2, -0.15) is 0 Å². The third-order valence-electron chi connectivity index (χ3n) is 3.32. The van der Waals surface area contributed by atoms with Crippen LogP contribution < -0.4 is 4.74 Å². The van der Waals surface area contributed by atoms with E-state index in [1.54, 1.807) is 6.07 Å². The Labute approximate surface area is 148 Å². The van der Waals surface area contributed by atoms with Gasteiger partial charge in [0, 0.05) is 11.6 Å². The second-order valence-electron chi connectivity index (χ2n) is 5.36. The summed E-state index contributed by atoms with van der Waals surface area (Å²) in [6.07, 6.45) is -0.334. The molecule has 0 spiro atoms. The lowest BCUT2D eigenvalue weighted by Gasteiger charge is -2.04. The summed E-state index contributed by atoms with van der Waals surface area (Å²) in [5.74, 6) is 1.45. The Bertz CT molecular complexity index is 839. The van der Waals surface area contributed by atoms with Crippen LogP contribution >= 0.6 is 0 Å². The minimum Gasteiger partial charge on any atom is -0.459 e. The quantitative estimate of drug-likeness (QED) is 0.379. The van der Waals surface area contributed by atoms with Crippen LogP contribution in [0.5, 0.6) is 5.75 Å². The van der Waals surface area contributed by atoms with Crippen molar-refractivity contribution in [1.82, 2.24) is 0 Å². The van der Waals surface area contributed by atoms with E-state index in [-0.39, 0.29) is 11.1 Å². The van der Waals surface area contributed by atoms with Gasteiger partial charge in [-0.3, -0.25) is 0 Å². The fourth-order valence-electron chi connectivity index (χ4n) is 2.16. The van der Waals surface area contributed by atoms with Crippen LogP contribution in [-0.4, -0.2) is 6.43 Å². The summed E-state index contributed by atoms with van der Waals surface area (Å²) in [4.78, 5) is 0. The molecule has 0 heterocycles. The van der Waals surface area contributed by atoms with Gasteiger partial charge < -0.3 is 4.74 Å². The average Bonchev–Trinajstić information content (AvgIpc) is 2.56. The monoisotopic (exact) mass is 366 g/mol. The average molecular weight is 366 g/mol. The predicted octanol–water partition coefficient (Wildman–Crippen LogP) is 5.61. The molecule has 26 heavy (non-hydrogen) atoms. The first kappa shape index (κ1) is 19.5. The molecule has 0 aliphatic rings. The summed E-state index contributed by atoms with van der Waals surface area (Å²) in [7, 11) is 0. The van der Waals surface area contributed by atoms with Crippen molar-refractivity contribution in [3.05, 3.63) is 76.8 Å². The second-order valence-corrected chi connectivity index (χ2v) is 5.36. The molecule has 0 atom stereocenters. The maximum absolute atomic E-state index is 14.0. The highest BCUT2D eigenvalue weighted by Crippen LogP contribution is 2.23. The zero-order valence-electron chi connectivity index (χ0n) is 13.8. The van der Waals surface area contributed by atoms with Gasteiger partial charge in [-0.05, 0) is 36.2 Å². The van der Waals surface area contributed by atoms with Crippen LogP contribution in [0.4, 0.5) is 22.0 Å². The molecule has 0 fully saturated rings. The Balaban J connectivity index is 2.23. The van der Waals surface area contributed by atoms with E-state index in [1.165, 1.54) is 12.1 Å². The summed E-state index contributed by atoms with van der Waals surface area (Å²) >= 11 is 0. The third kappa shape index (κ3) is 5.35. The molecule has 6 heteroatoms. The second kappa shape index (κ2) is 9.04. The Morgan fingerprint density at radius 3 is 2.27 bits per heavy atom. The molecule has 0 saturated carbocycles. The molecular formula is C20H15F5O. The lowest BCUT2D eigenvalue weighted by Crippen LogP contribution is -1.95. The molecular weight excluding hydrogens is 351 g/mol. The molecule has 0 aliphatic heterocycles. The smallest absolute Gasteiger partial charge is 0.260 e. The first-order valence-corrected chi connectivity index (χ1v) is 7.81. The summed E-state index contributed by atoms with van der Waals surface area (Å²) < 4.78 is 70.1. The van der Waals surface area contributed by atoms with Crippen LogP contribution in [0.15, 0.2) is 42.7 Å². The van der Waals surface area contributed by atoms with Crippen molar-refractivity contribution in [3.8, 4) is 17.6 Å². The summed E-state index contributed by atoms with van der Waals surface area (Å²) in [5, 5.41) is 0. The summed E-state index contributed by atoms with van der Waals surface area (Å²) in [5.41, 5.74) is 0.902. The highest BCUT2D eigenvalue weighted by Gasteiger charge is 2.12. The van der Waals surface area contributed by atoms with Gasteiger partial charge >= 0.3 is 0 Å². The fourth-order valence-corrected chi connectivity index (χ4v) is 2.16. The van der Waals surface area contributed by atoms with Crippen LogP contribution in [-0.2, 0) is 6.42 Å². The molecule has 2 aromatic carbocycles. The lowest BCUT2D eigenvalue weighted by molar-refractivity contribution is 0.200. The van der Waals surface area contributed by atoms with E-state index in [0.717, 1.165) is 30.5 Å². The lowest BCUT2D eigenvalue weighted by atomic mass is 10.1. The molecule has 0 aromatic heterocycles. The first-order valence-electron chi connectivity index (χ1n) is 7.81. The molecule has 0 amide bonds. The van der Waals surface area contributed by atoms with E-state index in [2.05, 4.69) is 16.6 Å². The molecule has 1 nitrogen and oxygen atoms in total. The standard InChI is InChI=1S/C20H15F5O/c1-2-3-13-4-6-15(16(21)10-13)7-5-14-11-17(22)20(18(23)12-14)26-9-8-19(24)25/h4,6,8-12,19H,2-3H2,1H3/b9-8+. The molecule has 2 aromatic rings. The Hall–Kier alpha value is -2.81. The maximum Gasteiger partial charge on any atom is 0.260 e. The Kier molecular flexibility index (Phi) is 6.79. The van der Waals surface area contributed by atoms with E-state index in [0.29, 0.717) is 12.3 Å². The van der Waals surface area contributed by atoms with Crippen molar-refractivity contribution in [2.24, 2.45) is 0 Å². The Morgan fingerprint density at radius 1 is 1.00 bits per heavy atom. The molecule has 136 valence electrons. The first-order chi connectivity index (χ1) is 12.4. The van der Waals surface area contributed by atoms with Gasteiger partial charge in [0.05, 0.1) is 11.8 Å². The molecule has 0 N–H and O–H groups in total. The van der Waals surface area contributed by atoms with Crippen LogP contribution in [0.3, 0.4) is 0 Å². The zero-order valence-corrected chi connectivity index (χ0v) is 13.8. The number of hydrogen-bond acceptors (Lipinski definition) is 1. The van der Waals surface area contributed by atoms with Crippen molar-refractivity contribution >= 4 is 0 Å². The van der Waals surface area contributed by atoms with Crippen molar-refractivity contribution in [2.75, 3.05) is 0 Å². The van der Waals surface area contributed by atoms with E-state index in [4.69, 9.17) is 0 Å².